The monoisotopic (exact) mass is 776 g/mol. The number of hydrogen-bond acceptors (Lipinski definition) is 1. The molecule has 0 spiro atoms. The fraction of sp³-hybridized carbons (Fsp3) is 0.0476. The summed E-state index contributed by atoms with van der Waals surface area (Å²) in [4.78, 5) is 0. The number of furan rings is 1. The van der Waals surface area contributed by atoms with E-state index in [4.69, 9.17) is 4.42 Å². The van der Waals surface area contributed by atoms with Gasteiger partial charge in [-0.1, -0.05) is 109 Å². The summed E-state index contributed by atoms with van der Waals surface area (Å²) in [5.74, 6) is 2.06. The normalized spacial score (nSPS) is 11.2. The van der Waals surface area contributed by atoms with Crippen molar-refractivity contribution in [2.45, 2.75) is 12.3 Å². The third-order valence-electron chi connectivity index (χ3n) is 8.69. The van der Waals surface area contributed by atoms with Gasteiger partial charge in [0, 0.05) is 0 Å². The van der Waals surface area contributed by atoms with E-state index in [9.17, 15) is 0 Å². The summed E-state index contributed by atoms with van der Waals surface area (Å²) in [6.07, 6.45) is 1.64. The molecule has 1 aromatic heterocycles. The molecular weight excluding hydrogens is 742 g/mol. The van der Waals surface area contributed by atoms with Gasteiger partial charge in [-0.2, -0.15) is 0 Å². The van der Waals surface area contributed by atoms with Crippen LogP contribution in [0.3, 0.4) is 0 Å². The first-order chi connectivity index (χ1) is 22.3. The van der Waals surface area contributed by atoms with Crippen LogP contribution in [-0.2, 0) is 12.3 Å². The van der Waals surface area contributed by atoms with E-state index in [-0.39, 0.29) is 34.0 Å². The highest BCUT2D eigenvalue weighted by molar-refractivity contribution is 7.95. The van der Waals surface area contributed by atoms with Crippen molar-refractivity contribution in [2.75, 3.05) is 0 Å². The number of benzene rings is 6. The fourth-order valence-corrected chi connectivity index (χ4v) is 14.8. The summed E-state index contributed by atoms with van der Waals surface area (Å²) in [5, 5.41) is 8.17. The van der Waals surface area contributed by atoms with Crippen LogP contribution in [-0.4, -0.2) is 0 Å². The van der Waals surface area contributed by atoms with Crippen molar-refractivity contribution < 1.29 is 38.4 Å². The molecule has 1 nitrogen and oxygen atoms in total. The number of rotatable bonds is 10. The quantitative estimate of drug-likeness (QED) is 0.195. The Morgan fingerprint density at radius 3 is 0.660 bits per heavy atom. The van der Waals surface area contributed by atoms with E-state index in [1.807, 2.05) is 0 Å². The van der Waals surface area contributed by atoms with Crippen LogP contribution in [0.15, 0.2) is 199 Å². The molecule has 47 heavy (non-hydrogen) atoms. The Labute approximate surface area is 300 Å². The lowest BCUT2D eigenvalue weighted by Crippen LogP contribution is -3.00. The second-order valence-electron chi connectivity index (χ2n) is 11.3. The van der Waals surface area contributed by atoms with Crippen LogP contribution < -0.4 is 65.8 Å². The van der Waals surface area contributed by atoms with Gasteiger partial charge in [-0.05, 0) is 84.9 Å². The molecule has 7 aromatic rings. The van der Waals surface area contributed by atoms with E-state index in [2.05, 4.69) is 194 Å². The van der Waals surface area contributed by atoms with Gasteiger partial charge in [0.1, 0.15) is 70.2 Å². The summed E-state index contributed by atoms with van der Waals surface area (Å²) < 4.78 is 6.98. The zero-order chi connectivity index (χ0) is 30.4. The highest BCUT2D eigenvalue weighted by Crippen LogP contribution is 2.60. The molecule has 5 heteroatoms. The van der Waals surface area contributed by atoms with Gasteiger partial charge in [0.2, 0.25) is 0 Å². The SMILES string of the molecule is [Br-].[Br-].c1ccc([P+](Cc2ccc(C[P+](c3ccccc3)(c3ccccc3)c3ccccc3)o2)(c2ccccc2)c2ccccc2)cc1. The lowest BCUT2D eigenvalue weighted by atomic mass is 10.3. The highest BCUT2D eigenvalue weighted by Gasteiger charge is 2.48. The van der Waals surface area contributed by atoms with Gasteiger partial charge < -0.3 is 38.4 Å². The Bertz CT molecular complexity index is 1600. The van der Waals surface area contributed by atoms with E-state index in [1.165, 1.54) is 31.8 Å². The van der Waals surface area contributed by atoms with E-state index >= 15 is 0 Å². The average Bonchev–Trinajstić information content (AvgIpc) is 3.58. The third kappa shape index (κ3) is 7.01. The summed E-state index contributed by atoms with van der Waals surface area (Å²) in [7, 11) is -4.14. The number of hydrogen-bond donors (Lipinski definition) is 0. The van der Waals surface area contributed by atoms with Crippen molar-refractivity contribution in [2.24, 2.45) is 0 Å². The van der Waals surface area contributed by atoms with Gasteiger partial charge in [0.25, 0.3) is 0 Å². The molecule has 0 saturated heterocycles. The van der Waals surface area contributed by atoms with Gasteiger partial charge in [0.15, 0.2) is 0 Å². The first kappa shape index (κ1) is 34.7. The largest absolute Gasteiger partial charge is 1.00 e. The van der Waals surface area contributed by atoms with Crippen LogP contribution in [0.4, 0.5) is 0 Å². The Morgan fingerprint density at radius 1 is 0.277 bits per heavy atom. The molecular formula is C42H36Br2OP2. The second-order valence-corrected chi connectivity index (χ2v) is 18.3. The maximum Gasteiger partial charge on any atom is 0.142 e. The molecule has 0 aliphatic heterocycles. The fourth-order valence-electron chi connectivity index (χ4n) is 6.60. The summed E-state index contributed by atoms with van der Waals surface area (Å²) in [6, 6.07) is 70.7. The van der Waals surface area contributed by atoms with Crippen molar-refractivity contribution in [3.05, 3.63) is 206 Å². The van der Waals surface area contributed by atoms with Crippen molar-refractivity contribution in [3.63, 3.8) is 0 Å². The third-order valence-corrected chi connectivity index (χ3v) is 17.3. The Hall–Kier alpha value is -3.58. The smallest absolute Gasteiger partial charge is 0.142 e. The van der Waals surface area contributed by atoms with Gasteiger partial charge in [-0.15, -0.1) is 0 Å². The Balaban J connectivity index is 0.00000217. The minimum atomic E-state index is -2.07. The van der Waals surface area contributed by atoms with E-state index in [1.54, 1.807) is 0 Å². The molecule has 0 N–H and O–H groups in total. The van der Waals surface area contributed by atoms with Crippen molar-refractivity contribution in [1.29, 1.82) is 0 Å². The topological polar surface area (TPSA) is 13.1 Å². The van der Waals surface area contributed by atoms with Gasteiger partial charge in [-0.25, -0.2) is 0 Å². The lowest BCUT2D eigenvalue weighted by molar-refractivity contribution is -0.001000. The minimum absolute atomic E-state index is 0. The van der Waals surface area contributed by atoms with E-state index in [0.717, 1.165) is 23.8 Å². The standard InChI is InChI=1S/C42H36OP2.2BrH/c1-7-19-37(20-8-1)44(38-21-9-2-10-22-38,39-23-11-3-12-24-39)33-35-31-32-36(43-35)34-45(40-25-13-4-14-26-40,41-27-15-5-16-28-41)42-29-17-6-18-30-42;;/h1-32H,33-34H2;2*1H/q+2;;/p-2. The van der Waals surface area contributed by atoms with Crippen LogP contribution in [0, 0.1) is 0 Å². The predicted octanol–water partition coefficient (Wildman–Crippen LogP) is 2.28. The average molecular weight is 779 g/mol. The summed E-state index contributed by atoms with van der Waals surface area (Å²) >= 11 is 0. The molecule has 234 valence electrons. The first-order valence-corrected chi connectivity index (χ1v) is 19.4. The maximum absolute atomic E-state index is 6.98. The van der Waals surface area contributed by atoms with E-state index in [0.29, 0.717) is 0 Å². The molecule has 7 rings (SSSR count). The van der Waals surface area contributed by atoms with E-state index < -0.39 is 14.5 Å². The zero-order valence-corrected chi connectivity index (χ0v) is 30.9. The zero-order valence-electron chi connectivity index (χ0n) is 25.9. The molecule has 0 aliphatic carbocycles. The molecule has 0 atom stereocenters. The van der Waals surface area contributed by atoms with Crippen LogP contribution in [0.25, 0.3) is 0 Å². The van der Waals surface area contributed by atoms with Crippen molar-refractivity contribution in [3.8, 4) is 0 Å². The van der Waals surface area contributed by atoms with Gasteiger partial charge in [-0.3, -0.25) is 0 Å². The predicted molar refractivity (Wildman–Crippen MR) is 196 cm³/mol. The maximum atomic E-state index is 6.98. The second kappa shape index (κ2) is 16.0. The minimum Gasteiger partial charge on any atom is -1.00 e. The number of halogens is 2. The van der Waals surface area contributed by atoms with Crippen LogP contribution >= 0.6 is 14.5 Å². The summed E-state index contributed by atoms with van der Waals surface area (Å²) in [5.41, 5.74) is 0. The molecule has 0 aliphatic rings. The van der Waals surface area contributed by atoms with Crippen LogP contribution in [0.5, 0.6) is 0 Å². The summed E-state index contributed by atoms with van der Waals surface area (Å²) in [6.45, 7) is 0. The highest BCUT2D eigenvalue weighted by atomic mass is 79.9. The molecule has 6 aromatic carbocycles. The Morgan fingerprint density at radius 2 is 0.468 bits per heavy atom. The van der Waals surface area contributed by atoms with Crippen LogP contribution in [0.2, 0.25) is 0 Å². The van der Waals surface area contributed by atoms with Crippen molar-refractivity contribution >= 4 is 46.4 Å². The van der Waals surface area contributed by atoms with Crippen molar-refractivity contribution in [1.82, 2.24) is 0 Å². The molecule has 0 unspecified atom stereocenters. The molecule has 0 amide bonds. The van der Waals surface area contributed by atoms with Crippen LogP contribution in [0.1, 0.15) is 11.5 Å². The van der Waals surface area contributed by atoms with Gasteiger partial charge in [0.05, 0.1) is 0 Å². The molecule has 0 saturated carbocycles. The van der Waals surface area contributed by atoms with Gasteiger partial charge >= 0.3 is 0 Å². The molecule has 0 bridgehead atoms. The Kier molecular flexibility index (Phi) is 11.8. The molecule has 0 radical (unpaired) electrons. The first-order valence-electron chi connectivity index (χ1n) is 15.5. The molecule has 1 heterocycles. The lowest BCUT2D eigenvalue weighted by Gasteiger charge is -2.27. The molecule has 0 fully saturated rings.